The van der Waals surface area contributed by atoms with Crippen molar-refractivity contribution in [2.24, 2.45) is 0 Å². The van der Waals surface area contributed by atoms with E-state index in [0.717, 1.165) is 31.2 Å². The molecule has 2 unspecified atom stereocenters. The molecule has 1 aromatic carbocycles. The molecule has 29 heavy (non-hydrogen) atoms. The highest BCUT2D eigenvalue weighted by Crippen LogP contribution is 2.18. The average Bonchev–Trinajstić information content (AvgIpc) is 2.73. The number of aromatic nitrogens is 1. The third-order valence-corrected chi connectivity index (χ3v) is 6.36. The summed E-state index contributed by atoms with van der Waals surface area (Å²) >= 11 is 0. The van der Waals surface area contributed by atoms with Crippen LogP contribution in [-0.4, -0.2) is 31.6 Å². The minimum absolute atomic E-state index is 0.166. The summed E-state index contributed by atoms with van der Waals surface area (Å²) in [5.41, 5.74) is 1.39. The number of urea groups is 1. The summed E-state index contributed by atoms with van der Waals surface area (Å²) in [5, 5.41) is 8.75. The summed E-state index contributed by atoms with van der Waals surface area (Å²) in [7, 11) is -3.63. The predicted molar refractivity (Wildman–Crippen MR) is 112 cm³/mol. The lowest BCUT2D eigenvalue weighted by Crippen LogP contribution is -2.51. The van der Waals surface area contributed by atoms with Crippen LogP contribution in [0, 0.1) is 0 Å². The topological polar surface area (TPSA) is 112 Å². The summed E-state index contributed by atoms with van der Waals surface area (Å²) in [5.74, 6) is 0. The normalized spacial score (nSPS) is 19.5. The van der Waals surface area contributed by atoms with Gasteiger partial charge in [-0.3, -0.25) is 10.3 Å². The fourth-order valence-electron chi connectivity index (χ4n) is 3.27. The number of pyridine rings is 1. The number of piperidine rings is 1. The van der Waals surface area contributed by atoms with Crippen LogP contribution in [0.3, 0.4) is 0 Å². The highest BCUT2D eigenvalue weighted by molar-refractivity contribution is 7.89. The number of sulfonamides is 1. The zero-order valence-corrected chi connectivity index (χ0v) is 17.2. The Bertz CT molecular complexity index is 903. The first-order chi connectivity index (χ1) is 14.0. The van der Waals surface area contributed by atoms with E-state index < -0.39 is 10.0 Å². The van der Waals surface area contributed by atoms with Gasteiger partial charge in [-0.2, -0.15) is 4.72 Å². The monoisotopic (exact) mass is 417 g/mol. The Balaban J connectivity index is 1.54. The first kappa shape index (κ1) is 21.2. The van der Waals surface area contributed by atoms with Crippen LogP contribution in [0.1, 0.15) is 38.2 Å². The number of hydrogen-bond acceptors (Lipinski definition) is 5. The molecule has 156 valence electrons. The van der Waals surface area contributed by atoms with Gasteiger partial charge in [-0.1, -0.05) is 13.0 Å². The van der Waals surface area contributed by atoms with Crippen LogP contribution < -0.4 is 20.7 Å². The SMILES string of the molecule is CCC1CCCC(NS(=O)(=O)c2ccc(NC(=O)NCc3cccnc3)cc2)N1. The van der Waals surface area contributed by atoms with Gasteiger partial charge in [0, 0.05) is 30.7 Å². The molecule has 0 bridgehead atoms. The fraction of sp³-hybridized carbons (Fsp3) is 0.400. The van der Waals surface area contributed by atoms with Gasteiger partial charge in [0.05, 0.1) is 11.1 Å². The van der Waals surface area contributed by atoms with Gasteiger partial charge in [-0.05, 0) is 61.6 Å². The van der Waals surface area contributed by atoms with Crippen molar-refractivity contribution in [3.8, 4) is 0 Å². The minimum atomic E-state index is -3.63. The Hall–Kier alpha value is -2.49. The maximum atomic E-state index is 12.6. The lowest BCUT2D eigenvalue weighted by molar-refractivity contribution is 0.251. The molecule has 3 rings (SSSR count). The van der Waals surface area contributed by atoms with Crippen LogP contribution in [0.5, 0.6) is 0 Å². The van der Waals surface area contributed by atoms with Crippen LogP contribution in [0.4, 0.5) is 10.5 Å². The molecule has 4 N–H and O–H groups in total. The smallest absolute Gasteiger partial charge is 0.319 e. The number of nitrogens with zero attached hydrogens (tertiary/aromatic N) is 1. The molecule has 2 aromatic rings. The van der Waals surface area contributed by atoms with Gasteiger partial charge in [0.25, 0.3) is 0 Å². The molecule has 0 saturated carbocycles. The molecule has 1 aliphatic heterocycles. The van der Waals surface area contributed by atoms with E-state index in [-0.39, 0.29) is 17.1 Å². The zero-order chi connectivity index (χ0) is 20.7. The highest BCUT2D eigenvalue weighted by Gasteiger charge is 2.25. The van der Waals surface area contributed by atoms with Crippen LogP contribution in [0.15, 0.2) is 53.7 Å². The quantitative estimate of drug-likeness (QED) is 0.553. The van der Waals surface area contributed by atoms with Gasteiger partial charge in [0.15, 0.2) is 0 Å². The van der Waals surface area contributed by atoms with Gasteiger partial charge in [0.2, 0.25) is 10.0 Å². The van der Waals surface area contributed by atoms with E-state index in [1.165, 1.54) is 12.1 Å². The molecule has 1 fully saturated rings. The number of carbonyl (C=O) groups excluding carboxylic acids is 1. The molecule has 0 aliphatic carbocycles. The van der Waals surface area contributed by atoms with Crippen molar-refractivity contribution < 1.29 is 13.2 Å². The first-order valence-corrected chi connectivity index (χ1v) is 11.3. The second kappa shape index (κ2) is 9.82. The zero-order valence-electron chi connectivity index (χ0n) is 16.4. The van der Waals surface area contributed by atoms with Crippen molar-refractivity contribution in [2.45, 2.75) is 56.3 Å². The Morgan fingerprint density at radius 3 is 2.69 bits per heavy atom. The molecule has 0 radical (unpaired) electrons. The molecule has 1 aromatic heterocycles. The van der Waals surface area contributed by atoms with E-state index in [0.29, 0.717) is 18.3 Å². The summed E-state index contributed by atoms with van der Waals surface area (Å²) < 4.78 is 28.0. The number of nitrogens with one attached hydrogen (secondary N) is 4. The summed E-state index contributed by atoms with van der Waals surface area (Å²) in [6.45, 7) is 2.44. The van der Waals surface area contributed by atoms with E-state index in [2.05, 4.69) is 32.6 Å². The number of hydrogen-bond donors (Lipinski definition) is 4. The Kier molecular flexibility index (Phi) is 7.18. The lowest BCUT2D eigenvalue weighted by atomic mass is 10.0. The summed E-state index contributed by atoms with van der Waals surface area (Å²) in [4.78, 5) is 16.2. The van der Waals surface area contributed by atoms with Crippen molar-refractivity contribution in [1.29, 1.82) is 0 Å². The Labute approximate surface area is 171 Å². The Morgan fingerprint density at radius 2 is 2.00 bits per heavy atom. The molecule has 2 atom stereocenters. The van der Waals surface area contributed by atoms with E-state index in [9.17, 15) is 13.2 Å². The van der Waals surface area contributed by atoms with Gasteiger partial charge >= 0.3 is 6.03 Å². The van der Waals surface area contributed by atoms with Gasteiger partial charge < -0.3 is 10.6 Å². The third-order valence-electron chi connectivity index (χ3n) is 4.87. The fourth-order valence-corrected chi connectivity index (χ4v) is 4.46. The first-order valence-electron chi connectivity index (χ1n) is 9.78. The van der Waals surface area contributed by atoms with Crippen LogP contribution in [0.2, 0.25) is 0 Å². The molecule has 9 heteroatoms. The van der Waals surface area contributed by atoms with Crippen molar-refractivity contribution in [3.63, 3.8) is 0 Å². The molecule has 0 spiro atoms. The van der Waals surface area contributed by atoms with Crippen molar-refractivity contribution in [2.75, 3.05) is 5.32 Å². The number of amides is 2. The molecule has 8 nitrogen and oxygen atoms in total. The number of rotatable bonds is 7. The van der Waals surface area contributed by atoms with Crippen LogP contribution >= 0.6 is 0 Å². The second-order valence-corrected chi connectivity index (χ2v) is 8.78. The molecule has 2 heterocycles. The lowest BCUT2D eigenvalue weighted by Gasteiger charge is -2.30. The second-order valence-electron chi connectivity index (χ2n) is 7.07. The van der Waals surface area contributed by atoms with Crippen molar-refractivity contribution in [3.05, 3.63) is 54.4 Å². The number of anilines is 1. The van der Waals surface area contributed by atoms with Crippen molar-refractivity contribution >= 4 is 21.7 Å². The third kappa shape index (κ3) is 6.25. The van der Waals surface area contributed by atoms with E-state index in [1.54, 1.807) is 30.6 Å². The molecule has 1 saturated heterocycles. The maximum Gasteiger partial charge on any atom is 0.319 e. The van der Waals surface area contributed by atoms with Gasteiger partial charge in [-0.25, -0.2) is 13.2 Å². The highest BCUT2D eigenvalue weighted by atomic mass is 32.2. The number of carbonyl (C=O) groups is 1. The van der Waals surface area contributed by atoms with Crippen LogP contribution in [0.25, 0.3) is 0 Å². The van der Waals surface area contributed by atoms with Gasteiger partial charge in [-0.15, -0.1) is 0 Å². The molecule has 1 aliphatic rings. The average molecular weight is 418 g/mol. The number of benzene rings is 1. The Morgan fingerprint density at radius 1 is 1.21 bits per heavy atom. The molecular formula is C20H27N5O3S. The maximum absolute atomic E-state index is 12.6. The van der Waals surface area contributed by atoms with E-state index in [1.807, 2.05) is 6.07 Å². The van der Waals surface area contributed by atoms with Gasteiger partial charge in [0.1, 0.15) is 0 Å². The van der Waals surface area contributed by atoms with E-state index in [4.69, 9.17) is 0 Å². The summed E-state index contributed by atoms with van der Waals surface area (Å²) in [6.07, 6.45) is 6.90. The van der Waals surface area contributed by atoms with Crippen molar-refractivity contribution in [1.82, 2.24) is 20.3 Å². The molecule has 2 amide bonds. The van der Waals surface area contributed by atoms with E-state index >= 15 is 0 Å². The predicted octanol–water partition coefficient (Wildman–Crippen LogP) is 2.56. The van der Waals surface area contributed by atoms with Crippen LogP contribution in [-0.2, 0) is 16.6 Å². The summed E-state index contributed by atoms with van der Waals surface area (Å²) in [6, 6.07) is 9.74. The standard InChI is InChI=1S/C20H27N5O3S/c1-2-16-6-3-7-19(23-16)25-29(27,28)18-10-8-17(9-11-18)24-20(26)22-14-15-5-4-12-21-13-15/h4-5,8-13,16,19,23,25H,2-3,6-7,14H2,1H3,(H2,22,24,26). The molecular weight excluding hydrogens is 390 g/mol. The largest absolute Gasteiger partial charge is 0.334 e. The minimum Gasteiger partial charge on any atom is -0.334 e.